The van der Waals surface area contributed by atoms with Crippen molar-refractivity contribution in [1.29, 1.82) is 0 Å². The predicted octanol–water partition coefficient (Wildman–Crippen LogP) is 1.65. The molecule has 82 valence electrons. The Kier molecular flexibility index (Phi) is 4.42. The number of rotatable bonds is 5. The Hall–Kier alpha value is -1.23. The van der Waals surface area contributed by atoms with E-state index in [9.17, 15) is 4.79 Å². The summed E-state index contributed by atoms with van der Waals surface area (Å²) in [6.45, 7) is 2.12. The smallest absolute Gasteiger partial charge is 0.251 e. The first-order valence-electron chi connectivity index (χ1n) is 4.83. The number of thioether (sulfide) groups is 1. The van der Waals surface area contributed by atoms with Crippen molar-refractivity contribution < 1.29 is 4.79 Å². The van der Waals surface area contributed by atoms with Gasteiger partial charge in [0.25, 0.3) is 5.91 Å². The topological polar surface area (TPSA) is 82.0 Å². The number of nitrogen functional groups attached to an aromatic ring is 1. The van der Waals surface area contributed by atoms with Gasteiger partial charge < -0.3 is 11.5 Å². The Morgan fingerprint density at radius 3 is 2.93 bits per heavy atom. The molecule has 1 aromatic heterocycles. The van der Waals surface area contributed by atoms with Crippen LogP contribution in [0.25, 0.3) is 0 Å². The summed E-state index contributed by atoms with van der Waals surface area (Å²) in [4.78, 5) is 15.2. The van der Waals surface area contributed by atoms with Gasteiger partial charge in [-0.15, -0.1) is 11.8 Å². The number of nitrogens with two attached hydrogens (primary N) is 2. The average Bonchev–Trinajstić information content (AvgIpc) is 2.20. The molecule has 0 aromatic carbocycles. The number of anilines is 1. The number of pyridine rings is 1. The minimum atomic E-state index is -0.478. The largest absolute Gasteiger partial charge is 0.397 e. The first-order chi connectivity index (χ1) is 7.15. The maximum Gasteiger partial charge on any atom is 0.251 e. The van der Waals surface area contributed by atoms with Crippen molar-refractivity contribution >= 4 is 23.4 Å². The summed E-state index contributed by atoms with van der Waals surface area (Å²) >= 11 is 1.54. The van der Waals surface area contributed by atoms with Crippen molar-refractivity contribution in [3.8, 4) is 0 Å². The minimum Gasteiger partial charge on any atom is -0.397 e. The standard InChI is InChI=1S/C10H15N3OS/c1-2-3-4-15-10-8(9(12)14)5-7(11)6-13-10/h5-6H,2-4,11H2,1H3,(H2,12,14). The van der Waals surface area contributed by atoms with Gasteiger partial charge in [0.05, 0.1) is 17.4 Å². The van der Waals surface area contributed by atoms with Gasteiger partial charge in [-0.05, 0) is 18.2 Å². The maximum atomic E-state index is 11.1. The third-order valence-corrected chi connectivity index (χ3v) is 2.97. The highest BCUT2D eigenvalue weighted by molar-refractivity contribution is 7.99. The number of hydrogen-bond donors (Lipinski definition) is 2. The summed E-state index contributed by atoms with van der Waals surface area (Å²) in [7, 11) is 0. The molecule has 0 aliphatic heterocycles. The number of primary amides is 1. The van der Waals surface area contributed by atoms with Gasteiger partial charge in [0.1, 0.15) is 5.03 Å². The Morgan fingerprint density at radius 1 is 1.60 bits per heavy atom. The Bertz CT molecular complexity index is 355. The van der Waals surface area contributed by atoms with E-state index in [1.165, 1.54) is 0 Å². The fourth-order valence-corrected chi connectivity index (χ4v) is 2.14. The number of hydrogen-bond acceptors (Lipinski definition) is 4. The molecule has 0 fully saturated rings. The second kappa shape index (κ2) is 5.60. The first kappa shape index (κ1) is 11.8. The SMILES string of the molecule is CCCCSc1ncc(N)cc1C(N)=O. The van der Waals surface area contributed by atoms with E-state index in [4.69, 9.17) is 11.5 Å². The fraction of sp³-hybridized carbons (Fsp3) is 0.400. The molecule has 1 heterocycles. The molecule has 0 aliphatic rings. The lowest BCUT2D eigenvalue weighted by atomic mass is 10.2. The van der Waals surface area contributed by atoms with Crippen molar-refractivity contribution in [3.63, 3.8) is 0 Å². The number of unbranched alkanes of at least 4 members (excludes halogenated alkanes) is 1. The zero-order valence-corrected chi connectivity index (χ0v) is 9.51. The number of amides is 1. The summed E-state index contributed by atoms with van der Waals surface area (Å²) in [5, 5.41) is 0.671. The number of nitrogens with zero attached hydrogens (tertiary/aromatic N) is 1. The van der Waals surface area contributed by atoms with Crippen LogP contribution < -0.4 is 11.5 Å². The monoisotopic (exact) mass is 225 g/mol. The summed E-state index contributed by atoms with van der Waals surface area (Å²) in [5.74, 6) is 0.460. The lowest BCUT2D eigenvalue weighted by Gasteiger charge is -2.05. The van der Waals surface area contributed by atoms with Gasteiger partial charge in [0.15, 0.2) is 0 Å². The Morgan fingerprint density at radius 2 is 2.33 bits per heavy atom. The van der Waals surface area contributed by atoms with Crippen molar-refractivity contribution in [2.45, 2.75) is 24.8 Å². The molecule has 0 atom stereocenters. The van der Waals surface area contributed by atoms with Crippen LogP contribution >= 0.6 is 11.8 Å². The van der Waals surface area contributed by atoms with Crippen molar-refractivity contribution in [2.24, 2.45) is 5.73 Å². The van der Waals surface area contributed by atoms with Gasteiger partial charge >= 0.3 is 0 Å². The van der Waals surface area contributed by atoms with Gasteiger partial charge in [-0.3, -0.25) is 4.79 Å². The van der Waals surface area contributed by atoms with Gasteiger partial charge in [0, 0.05) is 0 Å². The van der Waals surface area contributed by atoms with E-state index < -0.39 is 5.91 Å². The number of aromatic nitrogens is 1. The molecule has 1 aromatic rings. The van der Waals surface area contributed by atoms with Crippen LogP contribution in [0.1, 0.15) is 30.1 Å². The minimum absolute atomic E-state index is 0.413. The van der Waals surface area contributed by atoms with Crippen LogP contribution in [0.3, 0.4) is 0 Å². The van der Waals surface area contributed by atoms with E-state index in [-0.39, 0.29) is 0 Å². The summed E-state index contributed by atoms with van der Waals surface area (Å²) in [6.07, 6.45) is 3.75. The molecule has 0 aliphatic carbocycles. The molecule has 4 nitrogen and oxygen atoms in total. The van der Waals surface area contributed by atoms with E-state index in [1.807, 2.05) is 0 Å². The lowest BCUT2D eigenvalue weighted by molar-refractivity contribution is 0.0997. The highest BCUT2D eigenvalue weighted by Gasteiger charge is 2.10. The van der Waals surface area contributed by atoms with E-state index >= 15 is 0 Å². The summed E-state index contributed by atoms with van der Waals surface area (Å²) < 4.78 is 0. The Labute approximate surface area is 93.4 Å². The van der Waals surface area contributed by atoms with Crippen molar-refractivity contribution in [2.75, 3.05) is 11.5 Å². The second-order valence-electron chi connectivity index (χ2n) is 3.19. The summed E-state index contributed by atoms with van der Waals surface area (Å²) in [5.41, 5.74) is 11.7. The van der Waals surface area contributed by atoms with Crippen molar-refractivity contribution in [3.05, 3.63) is 17.8 Å². The van der Waals surface area contributed by atoms with Crippen LogP contribution in [-0.4, -0.2) is 16.6 Å². The van der Waals surface area contributed by atoms with Gasteiger partial charge in [0.2, 0.25) is 0 Å². The molecule has 0 spiro atoms. The van der Waals surface area contributed by atoms with E-state index in [0.29, 0.717) is 16.3 Å². The highest BCUT2D eigenvalue weighted by atomic mass is 32.2. The molecule has 0 saturated carbocycles. The maximum absolute atomic E-state index is 11.1. The quantitative estimate of drug-likeness (QED) is 0.589. The fourth-order valence-electron chi connectivity index (χ4n) is 1.07. The number of carbonyl (C=O) groups excluding carboxylic acids is 1. The van der Waals surface area contributed by atoms with Crippen LogP contribution in [0, 0.1) is 0 Å². The van der Waals surface area contributed by atoms with Crippen LogP contribution in [-0.2, 0) is 0 Å². The Balaban J connectivity index is 2.81. The molecular weight excluding hydrogens is 210 g/mol. The molecule has 4 N–H and O–H groups in total. The predicted molar refractivity (Wildman–Crippen MR) is 62.8 cm³/mol. The number of carbonyl (C=O) groups is 1. The van der Waals surface area contributed by atoms with Crippen LogP contribution in [0.15, 0.2) is 17.3 Å². The average molecular weight is 225 g/mol. The molecule has 15 heavy (non-hydrogen) atoms. The zero-order chi connectivity index (χ0) is 11.3. The van der Waals surface area contributed by atoms with E-state index in [2.05, 4.69) is 11.9 Å². The van der Waals surface area contributed by atoms with Crippen LogP contribution in [0.2, 0.25) is 0 Å². The molecule has 5 heteroatoms. The molecule has 0 radical (unpaired) electrons. The third-order valence-electron chi connectivity index (χ3n) is 1.87. The second-order valence-corrected chi connectivity index (χ2v) is 4.27. The molecule has 0 bridgehead atoms. The molecule has 0 unspecified atom stereocenters. The van der Waals surface area contributed by atoms with Gasteiger partial charge in [-0.2, -0.15) is 0 Å². The normalized spacial score (nSPS) is 10.2. The van der Waals surface area contributed by atoms with Crippen LogP contribution in [0.5, 0.6) is 0 Å². The first-order valence-corrected chi connectivity index (χ1v) is 5.81. The van der Waals surface area contributed by atoms with Gasteiger partial charge in [-0.25, -0.2) is 4.98 Å². The third kappa shape index (κ3) is 3.43. The molecular formula is C10H15N3OS. The van der Waals surface area contributed by atoms with E-state index in [0.717, 1.165) is 18.6 Å². The molecule has 0 saturated heterocycles. The lowest BCUT2D eigenvalue weighted by Crippen LogP contribution is -2.13. The highest BCUT2D eigenvalue weighted by Crippen LogP contribution is 2.22. The zero-order valence-electron chi connectivity index (χ0n) is 8.69. The van der Waals surface area contributed by atoms with E-state index in [1.54, 1.807) is 24.0 Å². The molecule has 1 rings (SSSR count). The van der Waals surface area contributed by atoms with Gasteiger partial charge in [-0.1, -0.05) is 13.3 Å². The van der Waals surface area contributed by atoms with Crippen molar-refractivity contribution in [1.82, 2.24) is 4.98 Å². The van der Waals surface area contributed by atoms with Crippen LogP contribution in [0.4, 0.5) is 5.69 Å². The molecule has 1 amide bonds. The summed E-state index contributed by atoms with van der Waals surface area (Å²) in [6, 6.07) is 1.57.